The highest BCUT2D eigenvalue weighted by atomic mass is 32.1. The number of thiazole rings is 1. The molecule has 0 aliphatic carbocycles. The van der Waals surface area contributed by atoms with Crippen LogP contribution in [0.3, 0.4) is 0 Å². The number of nitrogens with zero attached hydrogens (tertiary/aromatic N) is 1. The van der Waals surface area contributed by atoms with Gasteiger partial charge in [0.1, 0.15) is 11.9 Å². The minimum Gasteiger partial charge on any atom is -0.458 e. The molecule has 1 aromatic rings. The van der Waals surface area contributed by atoms with Crippen LogP contribution in [0.4, 0.5) is 0 Å². The molecule has 0 spiro atoms. The third-order valence-electron chi connectivity index (χ3n) is 7.58. The van der Waals surface area contributed by atoms with Crippen molar-refractivity contribution in [1.82, 2.24) is 10.3 Å². The first-order valence-electron chi connectivity index (χ1n) is 12.4. The second kappa shape index (κ2) is 11.0. The average Bonchev–Trinajstić information content (AvgIpc) is 3.38. The zero-order valence-corrected chi connectivity index (χ0v) is 22.0. The molecule has 8 heteroatoms. The van der Waals surface area contributed by atoms with Gasteiger partial charge >= 0.3 is 5.97 Å². The Labute approximate surface area is 207 Å². The van der Waals surface area contributed by atoms with E-state index in [9.17, 15) is 19.8 Å². The highest BCUT2D eigenvalue weighted by Gasteiger charge is 2.43. The Bertz CT molecular complexity index is 911. The number of aliphatic hydroxyl groups excluding tert-OH is 2. The fourth-order valence-corrected chi connectivity index (χ4v) is 5.49. The summed E-state index contributed by atoms with van der Waals surface area (Å²) < 4.78 is 5.86. The van der Waals surface area contributed by atoms with Gasteiger partial charge in [-0.3, -0.25) is 9.59 Å². The van der Waals surface area contributed by atoms with E-state index in [2.05, 4.69) is 10.3 Å². The fourth-order valence-electron chi connectivity index (χ4n) is 4.92. The number of hydrogen-bond acceptors (Lipinski definition) is 8. The lowest BCUT2D eigenvalue weighted by atomic mass is 9.73. The molecule has 7 nitrogen and oxygen atoms in total. The number of rotatable bonds is 2. The van der Waals surface area contributed by atoms with E-state index in [1.54, 1.807) is 32.1 Å². The van der Waals surface area contributed by atoms with Crippen molar-refractivity contribution in [3.8, 4) is 0 Å². The molecule has 0 saturated carbocycles. The molecule has 0 radical (unpaired) electrons. The summed E-state index contributed by atoms with van der Waals surface area (Å²) >= 11 is 1.57. The number of aryl methyl sites for hydroxylation is 1. The number of aromatic nitrogens is 1. The van der Waals surface area contributed by atoms with Crippen LogP contribution in [0.1, 0.15) is 77.4 Å². The largest absolute Gasteiger partial charge is 0.458 e. The SMILES string of the molecule is CC(=Cc1csc(C)n1)[C@@H]1C[C@@H]2NC2CCCC(C)[C@H](O)[C@@H](C)C(=O)C(C)(C)[C@@H](O)CC(=O)O1. The summed E-state index contributed by atoms with van der Waals surface area (Å²) in [4.78, 5) is 30.5. The summed E-state index contributed by atoms with van der Waals surface area (Å²) in [6, 6.07) is 0.615. The van der Waals surface area contributed by atoms with E-state index in [-0.39, 0.29) is 24.2 Å². The van der Waals surface area contributed by atoms with Crippen molar-refractivity contribution in [2.45, 2.75) is 104 Å². The molecule has 3 heterocycles. The number of carbonyl (C=O) groups is 2. The van der Waals surface area contributed by atoms with Gasteiger partial charge in [0.15, 0.2) is 0 Å². The van der Waals surface area contributed by atoms with Crippen molar-refractivity contribution in [2.75, 3.05) is 0 Å². The number of aliphatic hydroxyl groups is 2. The maximum atomic E-state index is 13.2. The molecule has 0 aromatic carbocycles. The molecule has 34 heavy (non-hydrogen) atoms. The van der Waals surface area contributed by atoms with E-state index < -0.39 is 35.6 Å². The Morgan fingerprint density at radius 1 is 1.24 bits per heavy atom. The third kappa shape index (κ3) is 6.53. The monoisotopic (exact) mass is 492 g/mol. The van der Waals surface area contributed by atoms with Gasteiger partial charge in [0, 0.05) is 29.8 Å². The lowest BCUT2D eigenvalue weighted by Crippen LogP contribution is -2.45. The highest BCUT2D eigenvalue weighted by Crippen LogP contribution is 2.33. The topological polar surface area (TPSA) is 119 Å². The number of hydrogen-bond donors (Lipinski definition) is 3. The van der Waals surface area contributed by atoms with Gasteiger partial charge in [0.2, 0.25) is 0 Å². The first-order valence-corrected chi connectivity index (χ1v) is 13.2. The summed E-state index contributed by atoms with van der Waals surface area (Å²) in [5, 5.41) is 28.1. The zero-order chi connectivity index (χ0) is 25.2. The number of ketones is 1. The van der Waals surface area contributed by atoms with Gasteiger partial charge < -0.3 is 20.3 Å². The number of ether oxygens (including phenoxy) is 1. The molecule has 2 aliphatic heterocycles. The van der Waals surface area contributed by atoms with E-state index >= 15 is 0 Å². The van der Waals surface area contributed by atoms with E-state index in [4.69, 9.17) is 4.74 Å². The van der Waals surface area contributed by atoms with Crippen LogP contribution in [0, 0.1) is 24.2 Å². The summed E-state index contributed by atoms with van der Waals surface area (Å²) in [5.74, 6) is -1.43. The molecule has 0 amide bonds. The molecule has 2 fully saturated rings. The maximum Gasteiger partial charge on any atom is 0.309 e. The molecule has 190 valence electrons. The Morgan fingerprint density at radius 2 is 1.94 bits per heavy atom. The number of carbonyl (C=O) groups excluding carboxylic acids is 2. The quantitative estimate of drug-likeness (QED) is 0.426. The number of cyclic esters (lactones) is 1. The molecular formula is C26H40N2O5S. The molecule has 3 N–H and O–H groups in total. The summed E-state index contributed by atoms with van der Waals surface area (Å²) in [5.41, 5.74) is 0.567. The van der Waals surface area contributed by atoms with E-state index in [0.717, 1.165) is 35.5 Å². The molecule has 3 rings (SSSR count). The first kappa shape index (κ1) is 27.0. The Kier molecular flexibility index (Phi) is 8.71. The molecular weight excluding hydrogens is 452 g/mol. The third-order valence-corrected chi connectivity index (χ3v) is 8.37. The second-order valence-corrected chi connectivity index (χ2v) is 11.8. The van der Waals surface area contributed by atoms with E-state index in [1.807, 2.05) is 32.2 Å². The summed E-state index contributed by atoms with van der Waals surface area (Å²) in [6.07, 6.45) is 2.64. The zero-order valence-electron chi connectivity index (χ0n) is 21.2. The van der Waals surface area contributed by atoms with Crippen LogP contribution in [0.25, 0.3) is 6.08 Å². The summed E-state index contributed by atoms with van der Waals surface area (Å²) in [6.45, 7) is 10.8. The number of Topliss-reactive ketones (excluding diaryl/α,β-unsaturated/α-hetero) is 1. The van der Waals surface area contributed by atoms with Gasteiger partial charge in [-0.15, -0.1) is 11.3 Å². The second-order valence-electron chi connectivity index (χ2n) is 10.8. The summed E-state index contributed by atoms with van der Waals surface area (Å²) in [7, 11) is 0. The van der Waals surface area contributed by atoms with Crippen LogP contribution >= 0.6 is 11.3 Å². The highest BCUT2D eigenvalue weighted by molar-refractivity contribution is 7.09. The van der Waals surface area contributed by atoms with Crippen LogP contribution in [0.5, 0.6) is 0 Å². The molecule has 2 unspecified atom stereocenters. The van der Waals surface area contributed by atoms with Crippen molar-refractivity contribution in [3.05, 3.63) is 21.7 Å². The van der Waals surface area contributed by atoms with E-state index in [0.29, 0.717) is 12.5 Å². The fraction of sp³-hybridized carbons (Fsp3) is 0.731. The lowest BCUT2D eigenvalue weighted by Gasteiger charge is -2.34. The van der Waals surface area contributed by atoms with Gasteiger partial charge in [-0.05, 0) is 44.3 Å². The average molecular weight is 493 g/mol. The van der Waals surface area contributed by atoms with Crippen molar-refractivity contribution < 1.29 is 24.5 Å². The molecule has 1 aromatic heterocycles. The molecule has 0 bridgehead atoms. The minimum atomic E-state index is -1.21. The van der Waals surface area contributed by atoms with Gasteiger partial charge in [0.25, 0.3) is 0 Å². The van der Waals surface area contributed by atoms with Gasteiger partial charge in [-0.25, -0.2) is 4.98 Å². The van der Waals surface area contributed by atoms with Crippen molar-refractivity contribution in [1.29, 1.82) is 0 Å². The van der Waals surface area contributed by atoms with Crippen LogP contribution in [0.15, 0.2) is 11.0 Å². The normalized spacial score (nSPS) is 36.0. The van der Waals surface area contributed by atoms with Crippen LogP contribution in [-0.2, 0) is 14.3 Å². The molecule has 2 saturated heterocycles. The lowest BCUT2D eigenvalue weighted by molar-refractivity contribution is -0.154. The van der Waals surface area contributed by atoms with Gasteiger partial charge in [-0.2, -0.15) is 0 Å². The van der Waals surface area contributed by atoms with Gasteiger partial charge in [0.05, 0.1) is 34.7 Å². The van der Waals surface area contributed by atoms with Gasteiger partial charge in [-0.1, -0.05) is 34.1 Å². The number of nitrogens with one attached hydrogen (secondary N) is 1. The number of esters is 1. The standard InChI is InChI=1S/C26H40N2O5S/c1-14-8-7-9-19-20(28-19)11-21(15(2)10-18-13-34-17(4)27-18)33-23(30)12-22(29)26(5,6)25(32)16(3)24(14)31/h10,13-14,16,19-22,24,28-29,31H,7-9,11-12H2,1-6H3/t14?,16-,19?,20+,21+,22+,24+/m1/s1. The van der Waals surface area contributed by atoms with Crippen LogP contribution in [0.2, 0.25) is 0 Å². The first-order chi connectivity index (χ1) is 15.9. The van der Waals surface area contributed by atoms with Crippen molar-refractivity contribution >= 4 is 29.2 Å². The Balaban J connectivity index is 1.81. The van der Waals surface area contributed by atoms with Crippen molar-refractivity contribution in [2.24, 2.45) is 17.3 Å². The Hall–Kier alpha value is -1.61. The number of fused-ring (bicyclic) bond motifs is 1. The minimum absolute atomic E-state index is 0.0264. The van der Waals surface area contributed by atoms with E-state index in [1.165, 1.54) is 0 Å². The molecule has 7 atom stereocenters. The predicted molar refractivity (Wildman–Crippen MR) is 133 cm³/mol. The van der Waals surface area contributed by atoms with Crippen molar-refractivity contribution in [3.63, 3.8) is 0 Å². The van der Waals surface area contributed by atoms with Crippen LogP contribution in [-0.4, -0.2) is 57.3 Å². The van der Waals surface area contributed by atoms with Crippen LogP contribution < -0.4 is 5.32 Å². The predicted octanol–water partition coefficient (Wildman–Crippen LogP) is 3.66. The smallest absolute Gasteiger partial charge is 0.309 e. The molecule has 2 aliphatic rings. The Morgan fingerprint density at radius 3 is 2.59 bits per heavy atom. The maximum absolute atomic E-state index is 13.2.